The van der Waals surface area contributed by atoms with Crippen LogP contribution >= 0.6 is 12.4 Å². The van der Waals surface area contributed by atoms with Crippen molar-refractivity contribution >= 4 is 24.3 Å². The third kappa shape index (κ3) is 29.3. The molecular formula is C8H24ClN7. The number of nitrogens with two attached hydrogens (primary N) is 4. The van der Waals surface area contributed by atoms with Gasteiger partial charge in [0.2, 0.25) is 0 Å². The van der Waals surface area contributed by atoms with Crippen LogP contribution in [0.2, 0.25) is 0 Å². The second-order valence-corrected chi connectivity index (χ2v) is 3.11. The van der Waals surface area contributed by atoms with Gasteiger partial charge in [-0.2, -0.15) is 0 Å². The first-order chi connectivity index (χ1) is 6.90. The second kappa shape index (κ2) is 13.9. The fraction of sp³-hybridized carbons (Fsp3) is 0.750. The molecule has 0 saturated carbocycles. The molecule has 0 amide bonds. The minimum Gasteiger partial charge on any atom is -0.370 e. The van der Waals surface area contributed by atoms with Crippen molar-refractivity contribution < 1.29 is 0 Å². The number of hydrogen-bond donors (Lipinski definition) is 7. The van der Waals surface area contributed by atoms with E-state index in [2.05, 4.69) is 6.92 Å². The summed E-state index contributed by atoms with van der Waals surface area (Å²) < 4.78 is 0. The zero-order chi connectivity index (χ0) is 12.3. The quantitative estimate of drug-likeness (QED) is 0.156. The van der Waals surface area contributed by atoms with E-state index >= 15 is 0 Å². The van der Waals surface area contributed by atoms with Gasteiger partial charge in [0, 0.05) is 0 Å². The topological polar surface area (TPSA) is 164 Å². The molecule has 0 aromatic heterocycles. The summed E-state index contributed by atoms with van der Waals surface area (Å²) >= 11 is 0. The summed E-state index contributed by atoms with van der Waals surface area (Å²) in [6, 6.07) is 0. The van der Waals surface area contributed by atoms with Crippen LogP contribution < -0.4 is 28.3 Å². The lowest BCUT2D eigenvalue weighted by molar-refractivity contribution is 0.575. The van der Waals surface area contributed by atoms with Gasteiger partial charge in [0.15, 0.2) is 11.9 Å². The first kappa shape index (κ1) is 20.4. The van der Waals surface area contributed by atoms with Crippen LogP contribution in [0.15, 0.2) is 0 Å². The minimum atomic E-state index is -0.312. The summed E-state index contributed by atoms with van der Waals surface area (Å²) in [5.74, 6) is -0.625. The maximum absolute atomic E-state index is 6.47. The first-order valence-corrected chi connectivity index (χ1v) is 4.86. The second-order valence-electron chi connectivity index (χ2n) is 3.11. The van der Waals surface area contributed by atoms with Gasteiger partial charge >= 0.3 is 0 Å². The molecule has 0 aliphatic rings. The van der Waals surface area contributed by atoms with Gasteiger partial charge in [-0.15, -0.1) is 12.4 Å². The summed E-state index contributed by atoms with van der Waals surface area (Å²) in [6.45, 7) is 2.17. The van der Waals surface area contributed by atoms with E-state index in [4.69, 9.17) is 33.8 Å². The number of halogens is 1. The Morgan fingerprint density at radius 1 is 1.12 bits per heavy atom. The Labute approximate surface area is 103 Å². The van der Waals surface area contributed by atoms with E-state index in [0.29, 0.717) is 0 Å². The molecule has 0 heterocycles. The molecule has 0 aromatic rings. The molecule has 16 heavy (non-hydrogen) atoms. The Hall–Kier alpha value is -1.05. The van der Waals surface area contributed by atoms with E-state index in [9.17, 15) is 0 Å². The van der Waals surface area contributed by atoms with Gasteiger partial charge < -0.3 is 22.9 Å². The van der Waals surface area contributed by atoms with Gasteiger partial charge in [-0.1, -0.05) is 26.2 Å². The van der Waals surface area contributed by atoms with Gasteiger partial charge in [-0.05, 0) is 6.42 Å². The summed E-state index contributed by atoms with van der Waals surface area (Å²) in [7, 11) is 0. The lowest BCUT2D eigenvalue weighted by atomic mass is 10.2. The Morgan fingerprint density at radius 2 is 1.56 bits per heavy atom. The molecule has 0 aliphatic carbocycles. The highest BCUT2D eigenvalue weighted by molar-refractivity contribution is 5.93. The molecule has 0 spiro atoms. The van der Waals surface area contributed by atoms with Crippen molar-refractivity contribution in [3.05, 3.63) is 0 Å². The molecule has 0 saturated heterocycles. The molecule has 7 nitrogen and oxygen atoms in total. The molecule has 0 bridgehead atoms. The van der Waals surface area contributed by atoms with Crippen molar-refractivity contribution in [3.8, 4) is 0 Å². The summed E-state index contributed by atoms with van der Waals surface area (Å²) in [5, 5.41) is 15.0. The van der Waals surface area contributed by atoms with Crippen LogP contribution in [0.3, 0.4) is 0 Å². The molecule has 0 unspecified atom stereocenters. The lowest BCUT2D eigenvalue weighted by Crippen LogP contribution is -2.39. The fourth-order valence-corrected chi connectivity index (χ4v) is 0.775. The Morgan fingerprint density at radius 3 is 1.75 bits per heavy atom. The van der Waals surface area contributed by atoms with Gasteiger partial charge in [-0.3, -0.25) is 16.1 Å². The zero-order valence-corrected chi connectivity index (χ0v) is 10.4. The van der Waals surface area contributed by atoms with Crippen LogP contribution in [0.5, 0.6) is 0 Å². The number of guanidine groups is 2. The number of rotatable bonds is 4. The summed E-state index contributed by atoms with van der Waals surface area (Å²) in [4.78, 5) is 0. The van der Waals surface area contributed by atoms with Gasteiger partial charge in [0.05, 0.1) is 6.17 Å². The number of hydrogen-bond acceptors (Lipinski definition) is 4. The van der Waals surface area contributed by atoms with E-state index in [1.165, 1.54) is 19.3 Å². The van der Waals surface area contributed by atoms with E-state index in [1.807, 2.05) is 5.32 Å². The van der Waals surface area contributed by atoms with E-state index < -0.39 is 0 Å². The van der Waals surface area contributed by atoms with Gasteiger partial charge in [0.1, 0.15) is 0 Å². The summed E-state index contributed by atoms with van der Waals surface area (Å²) in [5.41, 5.74) is 20.1. The predicted molar refractivity (Wildman–Crippen MR) is 70.5 cm³/mol. The maximum atomic E-state index is 6.47. The smallest absolute Gasteiger partial charge is 0.192 e. The zero-order valence-electron chi connectivity index (χ0n) is 9.62. The summed E-state index contributed by atoms with van der Waals surface area (Å²) in [6.07, 6.45) is 4.54. The van der Waals surface area contributed by atoms with Crippen LogP contribution in [0.1, 0.15) is 32.6 Å². The molecule has 0 rings (SSSR count). The van der Waals surface area contributed by atoms with Gasteiger partial charge in [0.25, 0.3) is 0 Å². The molecule has 0 aromatic carbocycles. The normalized spacial score (nSPS) is 8.50. The van der Waals surface area contributed by atoms with Crippen molar-refractivity contribution in [3.63, 3.8) is 0 Å². The first-order valence-electron chi connectivity index (χ1n) is 4.86. The van der Waals surface area contributed by atoms with E-state index in [-0.39, 0.29) is 30.5 Å². The Bertz CT molecular complexity index is 171. The van der Waals surface area contributed by atoms with Crippen LogP contribution in [-0.4, -0.2) is 18.1 Å². The lowest BCUT2D eigenvalue weighted by Gasteiger charge is -2.01. The van der Waals surface area contributed by atoms with E-state index in [0.717, 1.165) is 6.42 Å². The maximum Gasteiger partial charge on any atom is 0.192 e. The number of nitrogens with one attached hydrogen (secondary N) is 3. The molecule has 8 heteroatoms. The van der Waals surface area contributed by atoms with Crippen LogP contribution in [0, 0.1) is 10.8 Å². The average Bonchev–Trinajstić information content (AvgIpc) is 2.02. The molecule has 0 aliphatic heterocycles. The molecule has 11 N–H and O–H groups in total. The molecule has 98 valence electrons. The van der Waals surface area contributed by atoms with Crippen LogP contribution in [0.25, 0.3) is 0 Å². The average molecular weight is 254 g/mol. The SMILES string of the molecule is CCCCCC(N)N.Cl.N=C(N)NC(=N)N. The van der Waals surface area contributed by atoms with Crippen molar-refractivity contribution in [1.29, 1.82) is 10.8 Å². The minimum absolute atomic E-state index is 0. The third-order valence-electron chi connectivity index (χ3n) is 1.41. The highest BCUT2D eigenvalue weighted by Crippen LogP contribution is 1.97. The molecule has 0 radical (unpaired) electrons. The number of unbranched alkanes of at least 4 members (excludes halogenated alkanes) is 2. The highest BCUT2D eigenvalue weighted by atomic mass is 35.5. The van der Waals surface area contributed by atoms with Crippen molar-refractivity contribution in [2.24, 2.45) is 22.9 Å². The predicted octanol–water partition coefficient (Wildman–Crippen LogP) is -0.405. The van der Waals surface area contributed by atoms with Crippen molar-refractivity contribution in [1.82, 2.24) is 5.32 Å². The third-order valence-corrected chi connectivity index (χ3v) is 1.41. The fourth-order valence-electron chi connectivity index (χ4n) is 0.775. The Kier molecular flexibility index (Phi) is 17.8. The van der Waals surface area contributed by atoms with Gasteiger partial charge in [-0.25, -0.2) is 0 Å². The Balaban J connectivity index is -0.000000200. The highest BCUT2D eigenvalue weighted by Gasteiger charge is 1.90. The molecule has 0 atom stereocenters. The van der Waals surface area contributed by atoms with Crippen molar-refractivity contribution in [2.75, 3.05) is 0 Å². The van der Waals surface area contributed by atoms with Crippen LogP contribution in [0.4, 0.5) is 0 Å². The van der Waals surface area contributed by atoms with Crippen LogP contribution in [-0.2, 0) is 0 Å². The molecular weight excluding hydrogens is 230 g/mol. The van der Waals surface area contributed by atoms with E-state index in [1.54, 1.807) is 0 Å². The van der Waals surface area contributed by atoms with Crippen molar-refractivity contribution in [2.45, 2.75) is 38.8 Å². The monoisotopic (exact) mass is 253 g/mol. The molecule has 0 fully saturated rings. The standard InChI is InChI=1S/C6H16N2.C2H7N5.ClH/c1-2-3-4-5-6(7)8;3-1(4)7-2(5)6;/h6H,2-5,7-8H2,1H3;(H7,3,4,5,6,7);1H. The largest absolute Gasteiger partial charge is 0.370 e.